The van der Waals surface area contributed by atoms with Crippen molar-refractivity contribution in [3.05, 3.63) is 296 Å². The first-order valence-electron chi connectivity index (χ1n) is 27.6. The number of aromatic nitrogens is 3. The average molecular weight is 1040 g/mol. The van der Waals surface area contributed by atoms with Gasteiger partial charge in [-0.1, -0.05) is 133 Å². The largest absolute Gasteiger partial charge is 0.436 e. The normalized spacial score (nSPS) is 11.6. The Labute approximate surface area is 469 Å². The molecule has 0 atom stereocenters. The quantitative estimate of drug-likeness (QED) is 0.129. The van der Waals surface area contributed by atoms with Crippen molar-refractivity contribution >= 4 is 88.8 Å². The van der Waals surface area contributed by atoms with Crippen LogP contribution in [0.2, 0.25) is 0 Å². The molecule has 0 aliphatic rings. The second-order valence-electron chi connectivity index (χ2n) is 20.9. The van der Waals surface area contributed by atoms with Gasteiger partial charge in [-0.2, -0.15) is 0 Å². The van der Waals surface area contributed by atoms with E-state index in [0.717, 1.165) is 118 Å². The van der Waals surface area contributed by atoms with E-state index in [1.54, 1.807) is 0 Å². The van der Waals surface area contributed by atoms with Crippen LogP contribution >= 0.6 is 0 Å². The lowest BCUT2D eigenvalue weighted by atomic mass is 9.92. The fraction of sp³-hybridized carbons (Fsp3) is 0.0267. The Kier molecular flexibility index (Phi) is 11.5. The van der Waals surface area contributed by atoms with Gasteiger partial charge < -0.3 is 23.4 Å². The Bertz CT molecular complexity index is 4470. The minimum absolute atomic E-state index is 0.591. The fourth-order valence-corrected chi connectivity index (χ4v) is 12.2. The first-order chi connectivity index (χ1) is 40.0. The van der Waals surface area contributed by atoms with Gasteiger partial charge in [0.1, 0.15) is 5.52 Å². The molecule has 0 amide bonds. The summed E-state index contributed by atoms with van der Waals surface area (Å²) in [5.41, 5.74) is 22.7. The van der Waals surface area contributed by atoms with Crippen molar-refractivity contribution in [2.45, 2.75) is 13.8 Å². The first kappa shape index (κ1) is 47.5. The van der Waals surface area contributed by atoms with Crippen LogP contribution in [0.25, 0.3) is 99.8 Å². The summed E-state index contributed by atoms with van der Waals surface area (Å²) in [4.78, 5) is 9.69. The van der Waals surface area contributed by atoms with E-state index < -0.39 is 0 Å². The van der Waals surface area contributed by atoms with Gasteiger partial charge in [-0.05, 0) is 199 Å². The van der Waals surface area contributed by atoms with E-state index in [1.807, 2.05) is 24.3 Å². The Morgan fingerprint density at radius 3 is 1.12 bits per heavy atom. The molecule has 0 N–H and O–H groups in total. The highest BCUT2D eigenvalue weighted by molar-refractivity contribution is 6.12. The standard InChI is InChI=1S/C75H53N5O/c1-50-43-59(79-70-32-18-15-29-65(70)67-48-61(37-41-72(67)79)77(55-21-7-3-8-22-55)56-23-9-4-10-24-56)35-39-63(50)52-45-53(47-54(46-52)75-76-69-31-17-20-34-74(69)81-75)64-40-36-60(44-51(64)2)80-71-33-19-16-30-66(71)68-49-62(38-42-73(68)80)78(57-25-11-5-12-26-57)58-27-13-6-14-28-58/h3-49H,1-2H3. The molecule has 0 radical (unpaired) electrons. The maximum atomic E-state index is 6.52. The van der Waals surface area contributed by atoms with Crippen LogP contribution in [-0.4, -0.2) is 14.1 Å². The lowest BCUT2D eigenvalue weighted by molar-refractivity contribution is 0.620. The molecule has 0 unspecified atom stereocenters. The van der Waals surface area contributed by atoms with Crippen molar-refractivity contribution in [3.8, 4) is 45.1 Å². The van der Waals surface area contributed by atoms with Gasteiger partial charge in [-0.3, -0.25) is 0 Å². The van der Waals surface area contributed by atoms with Crippen LogP contribution in [0.4, 0.5) is 34.1 Å². The van der Waals surface area contributed by atoms with E-state index in [-0.39, 0.29) is 0 Å². The molecule has 6 nitrogen and oxygen atoms in total. The highest BCUT2D eigenvalue weighted by atomic mass is 16.3. The van der Waals surface area contributed by atoms with Gasteiger partial charge in [0.15, 0.2) is 5.58 Å². The number of para-hydroxylation sites is 8. The maximum Gasteiger partial charge on any atom is 0.227 e. The molecule has 81 heavy (non-hydrogen) atoms. The third-order valence-corrected chi connectivity index (χ3v) is 15.9. The Morgan fingerprint density at radius 2 is 0.691 bits per heavy atom. The van der Waals surface area contributed by atoms with Gasteiger partial charge in [0, 0.05) is 72.6 Å². The molecule has 6 heteroatoms. The number of hydrogen-bond donors (Lipinski definition) is 0. The van der Waals surface area contributed by atoms with E-state index in [1.165, 1.54) is 21.5 Å². The summed E-state index contributed by atoms with van der Waals surface area (Å²) >= 11 is 0. The minimum Gasteiger partial charge on any atom is -0.436 e. The molecule has 0 saturated carbocycles. The zero-order valence-electron chi connectivity index (χ0n) is 44.8. The predicted octanol–water partition coefficient (Wildman–Crippen LogP) is 20.6. The van der Waals surface area contributed by atoms with Crippen molar-refractivity contribution in [2.75, 3.05) is 9.80 Å². The SMILES string of the molecule is Cc1cc(-n2c3ccccc3c3cc(N(c4ccccc4)c4ccccc4)ccc32)ccc1-c1cc(-c2nc3ccccc3o2)cc(-c2ccc(-n3c4ccccc4c4cc(N(c5ccccc5)c5ccccc5)ccc43)cc2C)c1. The first-order valence-corrected chi connectivity index (χ1v) is 27.6. The van der Waals surface area contributed by atoms with Crippen LogP contribution in [0.1, 0.15) is 11.1 Å². The van der Waals surface area contributed by atoms with Gasteiger partial charge in [0.2, 0.25) is 5.89 Å². The van der Waals surface area contributed by atoms with E-state index in [9.17, 15) is 0 Å². The molecule has 0 saturated heterocycles. The lowest BCUT2D eigenvalue weighted by Crippen LogP contribution is -2.09. The second-order valence-corrected chi connectivity index (χ2v) is 20.9. The van der Waals surface area contributed by atoms with Crippen LogP contribution in [0.3, 0.4) is 0 Å². The summed E-state index contributed by atoms with van der Waals surface area (Å²) < 4.78 is 11.3. The van der Waals surface area contributed by atoms with Gasteiger partial charge >= 0.3 is 0 Å². The van der Waals surface area contributed by atoms with E-state index in [2.05, 4.69) is 294 Å². The van der Waals surface area contributed by atoms with E-state index in [0.29, 0.717) is 5.89 Å². The molecule has 3 aromatic heterocycles. The molecule has 0 spiro atoms. The van der Waals surface area contributed by atoms with Crippen LogP contribution in [-0.2, 0) is 0 Å². The summed E-state index contributed by atoms with van der Waals surface area (Å²) in [6.45, 7) is 4.45. The number of hydrogen-bond acceptors (Lipinski definition) is 4. The van der Waals surface area contributed by atoms with Crippen LogP contribution in [0.5, 0.6) is 0 Å². The van der Waals surface area contributed by atoms with E-state index >= 15 is 0 Å². The van der Waals surface area contributed by atoms with Gasteiger partial charge in [0.25, 0.3) is 0 Å². The number of oxazole rings is 1. The summed E-state index contributed by atoms with van der Waals surface area (Å²) in [6, 6.07) is 102. The van der Waals surface area contributed by atoms with Crippen LogP contribution in [0.15, 0.2) is 290 Å². The molecule has 0 bridgehead atoms. The highest BCUT2D eigenvalue weighted by Crippen LogP contribution is 2.44. The summed E-state index contributed by atoms with van der Waals surface area (Å²) in [5, 5.41) is 4.80. The van der Waals surface area contributed by atoms with Crippen molar-refractivity contribution < 1.29 is 4.42 Å². The monoisotopic (exact) mass is 1040 g/mol. The Balaban J connectivity index is 0.829. The second kappa shape index (κ2) is 19.6. The smallest absolute Gasteiger partial charge is 0.227 e. The molecule has 0 aliphatic heterocycles. The predicted molar refractivity (Wildman–Crippen MR) is 338 cm³/mol. The molecule has 12 aromatic carbocycles. The molecule has 384 valence electrons. The molecule has 0 aliphatic carbocycles. The topological polar surface area (TPSA) is 42.4 Å². The number of rotatable bonds is 11. The van der Waals surface area contributed by atoms with E-state index in [4.69, 9.17) is 9.40 Å². The molecule has 15 rings (SSSR count). The number of anilines is 6. The van der Waals surface area contributed by atoms with Crippen LogP contribution < -0.4 is 9.80 Å². The van der Waals surface area contributed by atoms with Crippen molar-refractivity contribution in [1.29, 1.82) is 0 Å². The zero-order valence-corrected chi connectivity index (χ0v) is 44.8. The summed E-state index contributed by atoms with van der Waals surface area (Å²) in [6.07, 6.45) is 0. The maximum absolute atomic E-state index is 6.52. The molecule has 3 heterocycles. The molecular weight excluding hydrogens is 987 g/mol. The lowest BCUT2D eigenvalue weighted by Gasteiger charge is -2.25. The highest BCUT2D eigenvalue weighted by Gasteiger charge is 2.22. The van der Waals surface area contributed by atoms with Crippen LogP contribution in [0, 0.1) is 13.8 Å². The van der Waals surface area contributed by atoms with Crippen molar-refractivity contribution in [1.82, 2.24) is 14.1 Å². The van der Waals surface area contributed by atoms with Gasteiger partial charge in [-0.25, -0.2) is 4.98 Å². The Morgan fingerprint density at radius 1 is 0.309 bits per heavy atom. The summed E-state index contributed by atoms with van der Waals surface area (Å²) in [5.74, 6) is 0.591. The number of nitrogens with zero attached hydrogens (tertiary/aromatic N) is 5. The third-order valence-electron chi connectivity index (χ3n) is 15.9. The number of aryl methyl sites for hydroxylation is 2. The molecule has 0 fully saturated rings. The van der Waals surface area contributed by atoms with Gasteiger partial charge in [0.05, 0.1) is 22.1 Å². The summed E-state index contributed by atoms with van der Waals surface area (Å²) in [7, 11) is 0. The number of benzene rings is 12. The van der Waals surface area contributed by atoms with Crippen molar-refractivity contribution in [2.24, 2.45) is 0 Å². The minimum atomic E-state index is 0.591. The number of fused-ring (bicyclic) bond motifs is 7. The Hall–Kier alpha value is -10.7. The zero-order chi connectivity index (χ0) is 54.0. The van der Waals surface area contributed by atoms with Gasteiger partial charge in [-0.15, -0.1) is 0 Å². The molecule has 15 aromatic rings. The molecular formula is C75H53N5O. The average Bonchev–Trinajstić information content (AvgIpc) is 4.32. The fourth-order valence-electron chi connectivity index (χ4n) is 12.2. The third kappa shape index (κ3) is 8.32. The van der Waals surface area contributed by atoms with Crippen molar-refractivity contribution in [3.63, 3.8) is 0 Å².